The quantitative estimate of drug-likeness (QED) is 0.770. The number of aldehydes is 1. The van der Waals surface area contributed by atoms with Gasteiger partial charge < -0.3 is 19.6 Å². The van der Waals surface area contributed by atoms with E-state index in [-0.39, 0.29) is 0 Å². The van der Waals surface area contributed by atoms with Crippen molar-refractivity contribution in [3.05, 3.63) is 28.0 Å². The van der Waals surface area contributed by atoms with E-state index in [1.54, 1.807) is 7.05 Å². The first-order valence-electron chi connectivity index (χ1n) is 6.21. The van der Waals surface area contributed by atoms with E-state index in [9.17, 15) is 9.18 Å². The van der Waals surface area contributed by atoms with E-state index in [0.29, 0.717) is 22.2 Å². The molecule has 0 aliphatic rings. The average molecular weight is 348 g/mol. The second-order valence-corrected chi connectivity index (χ2v) is 5.21. The molecule has 0 saturated carbocycles. The van der Waals surface area contributed by atoms with Crippen LogP contribution < -0.4 is 10.1 Å². The lowest BCUT2D eigenvalue weighted by Gasteiger charge is -2.35. The van der Waals surface area contributed by atoms with Gasteiger partial charge in [-0.25, -0.2) is 4.39 Å². The Morgan fingerprint density at radius 2 is 2.15 bits per heavy atom. The molecule has 0 spiro atoms. The van der Waals surface area contributed by atoms with Crippen molar-refractivity contribution in [2.45, 2.75) is 25.0 Å². The molecule has 1 aromatic carbocycles. The van der Waals surface area contributed by atoms with Gasteiger partial charge in [0.25, 0.3) is 0 Å². The first-order chi connectivity index (χ1) is 9.49. The van der Waals surface area contributed by atoms with Crippen LogP contribution in [0.2, 0.25) is 0 Å². The molecule has 0 aromatic heterocycles. The molecule has 0 amide bonds. The molecule has 0 radical (unpaired) electrons. The normalized spacial score (nSPS) is 15.5. The van der Waals surface area contributed by atoms with Crippen LogP contribution in [0.3, 0.4) is 0 Å². The summed E-state index contributed by atoms with van der Waals surface area (Å²) in [4.78, 5) is 11.5. The van der Waals surface area contributed by atoms with Gasteiger partial charge in [-0.1, -0.05) is 6.92 Å². The number of nitrogens with one attached hydrogen (secondary N) is 1. The second kappa shape index (κ2) is 7.15. The van der Waals surface area contributed by atoms with Crippen LogP contribution in [0.1, 0.15) is 24.9 Å². The molecule has 2 atom stereocenters. The average Bonchev–Trinajstić information content (AvgIpc) is 2.47. The standard InChI is InChI=1S/C14H19BrFNO3/c1-5-14(8-18,20-4)13(17-2)9-6-11(16)10(15)7-12(9)19-3/h6-8,13,17H,5H2,1-4H3. The molecule has 1 N–H and O–H groups in total. The summed E-state index contributed by atoms with van der Waals surface area (Å²) in [6.45, 7) is 1.84. The van der Waals surface area contributed by atoms with Gasteiger partial charge in [-0.15, -0.1) is 0 Å². The molecule has 2 unspecified atom stereocenters. The van der Waals surface area contributed by atoms with Gasteiger partial charge in [-0.2, -0.15) is 0 Å². The summed E-state index contributed by atoms with van der Waals surface area (Å²) in [5.41, 5.74) is -0.547. The summed E-state index contributed by atoms with van der Waals surface area (Å²) < 4.78 is 24.8. The maximum atomic E-state index is 13.8. The fourth-order valence-electron chi connectivity index (χ4n) is 2.28. The minimum absolute atomic E-state index is 0.304. The molecule has 6 heteroatoms. The van der Waals surface area contributed by atoms with Crippen molar-refractivity contribution < 1.29 is 18.7 Å². The van der Waals surface area contributed by atoms with Gasteiger partial charge in [0, 0.05) is 12.7 Å². The lowest BCUT2D eigenvalue weighted by atomic mass is 9.86. The predicted molar refractivity (Wildman–Crippen MR) is 78.5 cm³/mol. The molecule has 0 bridgehead atoms. The molecule has 4 nitrogen and oxygen atoms in total. The van der Waals surface area contributed by atoms with E-state index in [1.165, 1.54) is 26.4 Å². The zero-order valence-electron chi connectivity index (χ0n) is 12.0. The van der Waals surface area contributed by atoms with Gasteiger partial charge in [0.05, 0.1) is 17.6 Å². The first-order valence-corrected chi connectivity index (χ1v) is 7.00. The van der Waals surface area contributed by atoms with Crippen LogP contribution in [0.15, 0.2) is 16.6 Å². The van der Waals surface area contributed by atoms with Crippen LogP contribution in [-0.4, -0.2) is 33.2 Å². The molecule has 0 heterocycles. The molecule has 0 aliphatic carbocycles. The van der Waals surface area contributed by atoms with E-state index in [4.69, 9.17) is 9.47 Å². The third-order valence-electron chi connectivity index (χ3n) is 3.49. The Morgan fingerprint density at radius 1 is 1.50 bits per heavy atom. The maximum Gasteiger partial charge on any atom is 0.153 e. The highest BCUT2D eigenvalue weighted by atomic mass is 79.9. The molecule has 20 heavy (non-hydrogen) atoms. The summed E-state index contributed by atoms with van der Waals surface area (Å²) in [5, 5.41) is 3.02. The van der Waals surface area contributed by atoms with Crippen molar-refractivity contribution in [2.75, 3.05) is 21.3 Å². The number of hydrogen-bond acceptors (Lipinski definition) is 4. The molecule has 0 fully saturated rings. The Hall–Kier alpha value is -0.980. The van der Waals surface area contributed by atoms with E-state index < -0.39 is 17.5 Å². The highest BCUT2D eigenvalue weighted by molar-refractivity contribution is 9.10. The minimum Gasteiger partial charge on any atom is -0.496 e. The Bertz CT molecular complexity index is 478. The lowest BCUT2D eigenvalue weighted by molar-refractivity contribution is -0.132. The Labute approximate surface area is 126 Å². The highest BCUT2D eigenvalue weighted by Gasteiger charge is 2.39. The maximum absolute atomic E-state index is 13.8. The van der Waals surface area contributed by atoms with Crippen molar-refractivity contribution in [3.8, 4) is 5.75 Å². The SMILES string of the molecule is CCC(C=O)(OC)C(NC)c1cc(F)c(Br)cc1OC. The predicted octanol–water partition coefficient (Wildman–Crippen LogP) is 2.85. The minimum atomic E-state index is -1.08. The van der Waals surface area contributed by atoms with Gasteiger partial charge in [0.1, 0.15) is 17.2 Å². The smallest absolute Gasteiger partial charge is 0.153 e. The number of halogens is 2. The largest absolute Gasteiger partial charge is 0.496 e. The Kier molecular flexibility index (Phi) is 6.10. The summed E-state index contributed by atoms with van der Waals surface area (Å²) >= 11 is 3.12. The molecule has 112 valence electrons. The van der Waals surface area contributed by atoms with Gasteiger partial charge in [0.15, 0.2) is 6.29 Å². The fraction of sp³-hybridized carbons (Fsp3) is 0.500. The number of likely N-dealkylation sites (N-methyl/N-ethyl adjacent to an activating group) is 1. The van der Waals surface area contributed by atoms with Crippen LogP contribution in [-0.2, 0) is 9.53 Å². The highest BCUT2D eigenvalue weighted by Crippen LogP contribution is 2.37. The molecule has 1 aromatic rings. The molecular weight excluding hydrogens is 329 g/mol. The zero-order chi connectivity index (χ0) is 15.3. The fourth-order valence-corrected chi connectivity index (χ4v) is 2.60. The van der Waals surface area contributed by atoms with E-state index >= 15 is 0 Å². The topological polar surface area (TPSA) is 47.6 Å². The van der Waals surface area contributed by atoms with Crippen molar-refractivity contribution in [1.29, 1.82) is 0 Å². The molecule has 1 rings (SSSR count). The molecule has 0 saturated heterocycles. The molecule has 0 aliphatic heterocycles. The number of carbonyl (C=O) groups is 1. The monoisotopic (exact) mass is 347 g/mol. The van der Waals surface area contributed by atoms with Gasteiger partial charge in [0.2, 0.25) is 0 Å². The number of ether oxygens (including phenoxy) is 2. The van der Waals surface area contributed by atoms with Gasteiger partial charge in [-0.3, -0.25) is 0 Å². The number of hydrogen-bond donors (Lipinski definition) is 1. The van der Waals surface area contributed by atoms with Crippen LogP contribution in [0, 0.1) is 5.82 Å². The third kappa shape index (κ3) is 3.02. The molecular formula is C14H19BrFNO3. The van der Waals surface area contributed by atoms with E-state index in [2.05, 4.69) is 21.2 Å². The van der Waals surface area contributed by atoms with E-state index in [0.717, 1.165) is 6.29 Å². The van der Waals surface area contributed by atoms with E-state index in [1.807, 2.05) is 6.92 Å². The third-order valence-corrected chi connectivity index (χ3v) is 4.10. The second-order valence-electron chi connectivity index (χ2n) is 4.36. The summed E-state index contributed by atoms with van der Waals surface area (Å²) in [6, 6.07) is 2.36. The Morgan fingerprint density at radius 3 is 2.55 bits per heavy atom. The Balaban J connectivity index is 3.45. The van der Waals surface area contributed by atoms with Crippen molar-refractivity contribution in [3.63, 3.8) is 0 Å². The van der Waals surface area contributed by atoms with Crippen LogP contribution >= 0.6 is 15.9 Å². The van der Waals surface area contributed by atoms with Crippen molar-refractivity contribution >= 4 is 22.2 Å². The summed E-state index contributed by atoms with van der Waals surface area (Å²) in [6.07, 6.45) is 1.19. The van der Waals surface area contributed by atoms with Crippen LogP contribution in [0.5, 0.6) is 5.75 Å². The lowest BCUT2D eigenvalue weighted by Crippen LogP contribution is -2.45. The number of carbonyl (C=O) groups excluding carboxylic acids is 1. The number of benzene rings is 1. The van der Waals surface area contributed by atoms with Crippen LogP contribution in [0.4, 0.5) is 4.39 Å². The first kappa shape index (κ1) is 17.1. The summed E-state index contributed by atoms with van der Waals surface area (Å²) in [7, 11) is 4.65. The van der Waals surface area contributed by atoms with Crippen molar-refractivity contribution in [2.24, 2.45) is 0 Å². The number of methoxy groups -OCH3 is 2. The number of rotatable bonds is 7. The summed E-state index contributed by atoms with van der Waals surface area (Å²) in [5.74, 6) is 0.0578. The van der Waals surface area contributed by atoms with Gasteiger partial charge in [-0.05, 0) is 41.5 Å². The van der Waals surface area contributed by atoms with Gasteiger partial charge >= 0.3 is 0 Å². The van der Waals surface area contributed by atoms with Crippen LogP contribution in [0.25, 0.3) is 0 Å². The zero-order valence-corrected chi connectivity index (χ0v) is 13.6. The van der Waals surface area contributed by atoms with Crippen molar-refractivity contribution in [1.82, 2.24) is 5.32 Å².